The van der Waals surface area contributed by atoms with Crippen molar-refractivity contribution in [2.75, 3.05) is 24.1 Å². The lowest BCUT2D eigenvalue weighted by molar-refractivity contribution is 0.103. The number of H-pyrrole nitrogens is 2. The van der Waals surface area contributed by atoms with Gasteiger partial charge < -0.3 is 15.3 Å². The van der Waals surface area contributed by atoms with Crippen LogP contribution < -0.4 is 10.0 Å². The number of likely N-dealkylation sites (N-methyl/N-ethyl adjacent to an activating group) is 1. The van der Waals surface area contributed by atoms with E-state index in [-0.39, 0.29) is 11.3 Å². The van der Waals surface area contributed by atoms with Crippen LogP contribution in [-0.4, -0.2) is 53.5 Å². The second-order valence-electron chi connectivity index (χ2n) is 9.13. The van der Waals surface area contributed by atoms with Gasteiger partial charge in [0.15, 0.2) is 5.82 Å². The zero-order chi connectivity index (χ0) is 27.7. The first-order chi connectivity index (χ1) is 18.7. The lowest BCUT2D eigenvalue weighted by Gasteiger charge is -2.11. The predicted octanol–water partition coefficient (Wildman–Crippen LogP) is 4.53. The van der Waals surface area contributed by atoms with E-state index in [9.17, 15) is 17.6 Å². The maximum atomic E-state index is 15.3. The number of pyridine rings is 1. The quantitative estimate of drug-likeness (QED) is 0.188. The molecule has 0 saturated heterocycles. The average Bonchev–Trinajstić information content (AvgIpc) is 3.52. The van der Waals surface area contributed by atoms with Crippen molar-refractivity contribution in [2.45, 2.75) is 19.8 Å². The Bertz CT molecular complexity index is 1810. The molecule has 12 heteroatoms. The molecule has 0 bridgehead atoms. The fourth-order valence-electron chi connectivity index (χ4n) is 4.41. The summed E-state index contributed by atoms with van der Waals surface area (Å²) >= 11 is 0. The van der Waals surface area contributed by atoms with Gasteiger partial charge in [-0.2, -0.15) is 0 Å². The molecular weight excluding hydrogens is 526 g/mol. The SMILES string of the molecule is CCCS(=O)(=O)Nc1ccc(F)c(C(=O)c2c[nH]c3ncc(-c4ccc5nc(CCNC)[nH]c5c4)cc23)c1F. The molecule has 0 aliphatic carbocycles. The van der Waals surface area contributed by atoms with Gasteiger partial charge >= 0.3 is 0 Å². The number of nitrogens with zero attached hydrogens (tertiary/aromatic N) is 2. The van der Waals surface area contributed by atoms with Crippen LogP contribution in [0.5, 0.6) is 0 Å². The van der Waals surface area contributed by atoms with Gasteiger partial charge in [0.25, 0.3) is 0 Å². The third kappa shape index (κ3) is 5.25. The molecule has 0 fully saturated rings. The Labute approximate surface area is 223 Å². The fraction of sp³-hybridized carbons (Fsp3) is 0.222. The van der Waals surface area contributed by atoms with Crippen LogP contribution in [0.4, 0.5) is 14.5 Å². The van der Waals surface area contributed by atoms with Crippen molar-refractivity contribution in [3.05, 3.63) is 77.4 Å². The molecule has 9 nitrogen and oxygen atoms in total. The standard InChI is InChI=1S/C27H26F2N6O3S/c1-3-10-39(37,38)35-21-7-5-19(28)24(25(21)29)26(36)18-14-32-27-17(18)11-16(13-31-27)15-4-6-20-22(12-15)34-23(33-20)8-9-30-2/h4-7,11-14,30,35H,3,8-10H2,1-2H3,(H,31,32)(H,33,34). The molecule has 0 aliphatic rings. The minimum atomic E-state index is -3.86. The number of sulfonamides is 1. The minimum absolute atomic E-state index is 0.00249. The van der Waals surface area contributed by atoms with Gasteiger partial charge in [0.2, 0.25) is 15.8 Å². The normalized spacial score (nSPS) is 11.9. The molecule has 5 aromatic rings. The molecule has 0 radical (unpaired) electrons. The Morgan fingerprint density at radius 1 is 1.10 bits per heavy atom. The number of imidazole rings is 1. The van der Waals surface area contributed by atoms with Crippen molar-refractivity contribution in [1.29, 1.82) is 0 Å². The number of anilines is 1. The van der Waals surface area contributed by atoms with E-state index in [1.165, 1.54) is 6.20 Å². The molecule has 0 amide bonds. The monoisotopic (exact) mass is 552 g/mol. The van der Waals surface area contributed by atoms with Crippen LogP contribution in [0.25, 0.3) is 33.2 Å². The van der Waals surface area contributed by atoms with Crippen LogP contribution in [0.2, 0.25) is 0 Å². The van der Waals surface area contributed by atoms with Crippen LogP contribution in [0, 0.1) is 11.6 Å². The lowest BCUT2D eigenvalue weighted by Crippen LogP contribution is -2.18. The third-order valence-corrected chi connectivity index (χ3v) is 7.78. The van der Waals surface area contributed by atoms with Gasteiger partial charge in [-0.15, -0.1) is 0 Å². The van der Waals surface area contributed by atoms with Gasteiger partial charge in [-0.3, -0.25) is 9.52 Å². The summed E-state index contributed by atoms with van der Waals surface area (Å²) in [5.74, 6) is -2.71. The molecule has 0 saturated carbocycles. The summed E-state index contributed by atoms with van der Waals surface area (Å²) in [7, 11) is -1.98. The van der Waals surface area contributed by atoms with E-state index < -0.39 is 38.7 Å². The van der Waals surface area contributed by atoms with Crippen LogP contribution in [0.1, 0.15) is 35.1 Å². The van der Waals surface area contributed by atoms with Gasteiger partial charge in [-0.1, -0.05) is 13.0 Å². The number of aromatic nitrogens is 4. The maximum absolute atomic E-state index is 15.3. The maximum Gasteiger partial charge on any atom is 0.232 e. The van der Waals surface area contributed by atoms with Gasteiger partial charge in [0.1, 0.15) is 17.3 Å². The zero-order valence-corrected chi connectivity index (χ0v) is 22.0. The van der Waals surface area contributed by atoms with Gasteiger partial charge in [-0.25, -0.2) is 27.2 Å². The van der Waals surface area contributed by atoms with E-state index >= 15 is 4.39 Å². The second kappa shape index (κ2) is 10.5. The molecule has 0 spiro atoms. The van der Waals surface area contributed by atoms with Crippen molar-refractivity contribution < 1.29 is 22.0 Å². The lowest BCUT2D eigenvalue weighted by atomic mass is 9.99. The highest BCUT2D eigenvalue weighted by Crippen LogP contribution is 2.30. The van der Waals surface area contributed by atoms with Crippen molar-refractivity contribution in [3.63, 3.8) is 0 Å². The molecule has 0 atom stereocenters. The summed E-state index contributed by atoms with van der Waals surface area (Å²) in [5, 5.41) is 3.46. The highest BCUT2D eigenvalue weighted by Gasteiger charge is 2.26. The second-order valence-corrected chi connectivity index (χ2v) is 11.0. The zero-order valence-electron chi connectivity index (χ0n) is 21.2. The van der Waals surface area contributed by atoms with Crippen LogP contribution in [0.3, 0.4) is 0 Å². The Morgan fingerprint density at radius 2 is 1.92 bits per heavy atom. The number of fused-ring (bicyclic) bond motifs is 2. The van der Waals surface area contributed by atoms with E-state index in [1.807, 2.05) is 25.2 Å². The number of carbonyl (C=O) groups is 1. The number of benzene rings is 2. The Balaban J connectivity index is 1.52. The summed E-state index contributed by atoms with van der Waals surface area (Å²) in [4.78, 5) is 28.5. The Kier molecular flexibility index (Phi) is 7.15. The molecule has 5 rings (SSSR count). The number of aromatic amines is 2. The molecule has 2 aromatic carbocycles. The molecular formula is C27H26F2N6O3S. The number of carbonyl (C=O) groups excluding carboxylic acids is 1. The molecule has 3 heterocycles. The molecule has 0 unspecified atom stereocenters. The minimum Gasteiger partial charge on any atom is -0.345 e. The van der Waals surface area contributed by atoms with E-state index in [2.05, 4.69) is 30.0 Å². The number of ketones is 1. The summed E-state index contributed by atoms with van der Waals surface area (Å²) < 4.78 is 56.4. The molecule has 3 aromatic heterocycles. The average molecular weight is 553 g/mol. The third-order valence-electron chi connectivity index (χ3n) is 6.31. The van der Waals surface area contributed by atoms with Gasteiger partial charge in [0, 0.05) is 41.9 Å². The van der Waals surface area contributed by atoms with Crippen molar-refractivity contribution >= 4 is 43.6 Å². The highest BCUT2D eigenvalue weighted by atomic mass is 32.2. The van der Waals surface area contributed by atoms with E-state index in [0.717, 1.165) is 47.5 Å². The fourth-order valence-corrected chi connectivity index (χ4v) is 5.55. The predicted molar refractivity (Wildman–Crippen MR) is 146 cm³/mol. The van der Waals surface area contributed by atoms with Crippen LogP contribution in [0.15, 0.2) is 48.8 Å². The summed E-state index contributed by atoms with van der Waals surface area (Å²) in [5.41, 5.74) is 2.17. The van der Waals surface area contributed by atoms with Crippen molar-refractivity contribution in [3.8, 4) is 11.1 Å². The smallest absolute Gasteiger partial charge is 0.232 e. The number of rotatable bonds is 10. The molecule has 202 valence electrons. The van der Waals surface area contributed by atoms with Gasteiger partial charge in [0.05, 0.1) is 28.0 Å². The van der Waals surface area contributed by atoms with E-state index in [0.29, 0.717) is 23.0 Å². The van der Waals surface area contributed by atoms with Crippen LogP contribution in [-0.2, 0) is 16.4 Å². The van der Waals surface area contributed by atoms with Crippen LogP contribution >= 0.6 is 0 Å². The summed E-state index contributed by atoms with van der Waals surface area (Å²) in [6.07, 6.45) is 4.02. The first-order valence-electron chi connectivity index (χ1n) is 12.3. The molecule has 39 heavy (non-hydrogen) atoms. The Morgan fingerprint density at radius 3 is 2.69 bits per heavy atom. The van der Waals surface area contributed by atoms with E-state index in [1.54, 1.807) is 19.2 Å². The number of halogens is 2. The first-order valence-corrected chi connectivity index (χ1v) is 14.0. The summed E-state index contributed by atoms with van der Waals surface area (Å²) in [6.45, 7) is 2.44. The summed E-state index contributed by atoms with van der Waals surface area (Å²) in [6, 6.07) is 9.23. The number of hydrogen-bond donors (Lipinski definition) is 4. The van der Waals surface area contributed by atoms with E-state index in [4.69, 9.17) is 0 Å². The first kappa shape index (κ1) is 26.4. The topological polar surface area (TPSA) is 133 Å². The van der Waals surface area contributed by atoms with Crippen molar-refractivity contribution in [2.24, 2.45) is 0 Å². The number of hydrogen-bond acceptors (Lipinski definition) is 6. The Hall–Kier alpha value is -4.16. The van der Waals surface area contributed by atoms with Crippen molar-refractivity contribution in [1.82, 2.24) is 25.3 Å². The molecule has 0 aliphatic heterocycles. The largest absolute Gasteiger partial charge is 0.345 e. The number of nitrogens with one attached hydrogen (secondary N) is 4. The molecule has 4 N–H and O–H groups in total. The highest BCUT2D eigenvalue weighted by molar-refractivity contribution is 7.92. The van der Waals surface area contributed by atoms with Gasteiger partial charge in [-0.05, 0) is 49.4 Å².